The van der Waals surface area contributed by atoms with Crippen molar-refractivity contribution in [2.75, 3.05) is 0 Å². The molecule has 84 valence electrons. The molecule has 0 unspecified atom stereocenters. The van der Waals surface area contributed by atoms with E-state index in [1.807, 2.05) is 0 Å². The highest BCUT2D eigenvalue weighted by Crippen LogP contribution is 2.21. The maximum absolute atomic E-state index is 11.8. The van der Waals surface area contributed by atoms with Gasteiger partial charge in [0.25, 0.3) is 0 Å². The van der Waals surface area contributed by atoms with Crippen LogP contribution in [0.5, 0.6) is 0 Å². The lowest BCUT2D eigenvalue weighted by atomic mass is 10.3. The van der Waals surface area contributed by atoms with E-state index in [4.69, 9.17) is 5.73 Å². The average Bonchev–Trinajstić information content (AvgIpc) is 2.50. The Morgan fingerprint density at radius 3 is 2.67 bits per heavy atom. The minimum Gasteiger partial charge on any atom is -0.387 e. The predicted octanol–water partition coefficient (Wildman–Crippen LogP) is 1.25. The summed E-state index contributed by atoms with van der Waals surface area (Å²) in [5, 5.41) is 3.80. The Kier molecular flexibility index (Phi) is 3.61. The van der Waals surface area contributed by atoms with Gasteiger partial charge >= 0.3 is 6.18 Å². The van der Waals surface area contributed by atoms with Crippen LogP contribution in [-0.2, 0) is 6.54 Å². The molecule has 0 bridgehead atoms. The van der Waals surface area contributed by atoms with Crippen LogP contribution in [0.2, 0.25) is 0 Å². The van der Waals surface area contributed by atoms with Crippen molar-refractivity contribution in [1.82, 2.24) is 14.8 Å². The summed E-state index contributed by atoms with van der Waals surface area (Å²) < 4.78 is 36.7. The molecule has 4 nitrogen and oxygen atoms in total. The lowest BCUT2D eigenvalue weighted by Gasteiger charge is -2.04. The Bertz CT molecular complexity index is 346. The minimum absolute atomic E-state index is 0.0320. The van der Waals surface area contributed by atoms with Gasteiger partial charge in [-0.25, -0.2) is 4.98 Å². The second kappa shape index (κ2) is 4.56. The number of aromatic nitrogens is 3. The van der Waals surface area contributed by atoms with Gasteiger partial charge in [0.2, 0.25) is 5.82 Å². The van der Waals surface area contributed by atoms with Crippen LogP contribution in [0, 0.1) is 0 Å². The average molecular weight is 238 g/mol. The van der Waals surface area contributed by atoms with Crippen molar-refractivity contribution in [3.63, 3.8) is 0 Å². The SMILES string of the molecule is NC(=S)c1ncn(CCCC(F)(F)F)n1. The number of halogens is 3. The number of aryl methyl sites for hydroxylation is 1. The highest BCUT2D eigenvalue weighted by Gasteiger charge is 2.26. The normalized spacial score (nSPS) is 11.7. The molecule has 0 aliphatic heterocycles. The number of thiocarbonyl (C=S) groups is 1. The van der Waals surface area contributed by atoms with Crippen LogP contribution in [0.25, 0.3) is 0 Å². The first-order valence-electron chi connectivity index (χ1n) is 4.14. The summed E-state index contributed by atoms with van der Waals surface area (Å²) in [6.45, 7) is 0.148. The zero-order valence-electron chi connectivity index (χ0n) is 7.66. The van der Waals surface area contributed by atoms with Crippen molar-refractivity contribution in [1.29, 1.82) is 0 Å². The molecule has 8 heteroatoms. The van der Waals surface area contributed by atoms with Crippen LogP contribution < -0.4 is 5.73 Å². The topological polar surface area (TPSA) is 56.7 Å². The molecule has 0 amide bonds. The van der Waals surface area contributed by atoms with Crippen LogP contribution in [-0.4, -0.2) is 25.9 Å². The number of rotatable bonds is 4. The summed E-state index contributed by atoms with van der Waals surface area (Å²) >= 11 is 4.61. The molecular formula is C7H9F3N4S. The van der Waals surface area contributed by atoms with E-state index in [0.29, 0.717) is 0 Å². The molecular weight excluding hydrogens is 229 g/mol. The Hall–Kier alpha value is -1.18. The molecule has 0 radical (unpaired) electrons. The molecule has 0 aromatic carbocycles. The summed E-state index contributed by atoms with van der Waals surface area (Å²) in [7, 11) is 0. The smallest absolute Gasteiger partial charge is 0.387 e. The van der Waals surface area contributed by atoms with E-state index >= 15 is 0 Å². The van der Waals surface area contributed by atoms with E-state index in [0.717, 1.165) is 0 Å². The lowest BCUT2D eigenvalue weighted by molar-refractivity contribution is -0.136. The van der Waals surface area contributed by atoms with E-state index < -0.39 is 12.6 Å². The van der Waals surface area contributed by atoms with Gasteiger partial charge in [-0.1, -0.05) is 12.2 Å². The Morgan fingerprint density at radius 1 is 1.53 bits per heavy atom. The number of hydrogen-bond acceptors (Lipinski definition) is 3. The second-order valence-corrected chi connectivity index (χ2v) is 3.35. The third-order valence-electron chi connectivity index (χ3n) is 1.60. The summed E-state index contributed by atoms with van der Waals surface area (Å²) in [6, 6.07) is 0. The largest absolute Gasteiger partial charge is 0.389 e. The molecule has 0 aliphatic carbocycles. The maximum atomic E-state index is 11.8. The first-order valence-corrected chi connectivity index (χ1v) is 4.55. The summed E-state index contributed by atoms with van der Waals surface area (Å²) in [6.07, 6.45) is -3.70. The van der Waals surface area contributed by atoms with Crippen LogP contribution in [0.3, 0.4) is 0 Å². The molecule has 2 N–H and O–H groups in total. The number of hydrogen-bond donors (Lipinski definition) is 1. The van der Waals surface area contributed by atoms with E-state index in [1.54, 1.807) is 0 Å². The third kappa shape index (κ3) is 4.24. The van der Waals surface area contributed by atoms with Crippen LogP contribution in [0.15, 0.2) is 6.33 Å². The van der Waals surface area contributed by atoms with Crippen molar-refractivity contribution in [3.05, 3.63) is 12.2 Å². The Morgan fingerprint density at radius 2 is 2.20 bits per heavy atom. The molecule has 0 saturated carbocycles. The molecule has 1 rings (SSSR count). The fourth-order valence-corrected chi connectivity index (χ4v) is 1.05. The van der Waals surface area contributed by atoms with Gasteiger partial charge in [-0.15, -0.1) is 5.10 Å². The lowest BCUT2D eigenvalue weighted by Crippen LogP contribution is -2.13. The van der Waals surface area contributed by atoms with E-state index in [9.17, 15) is 13.2 Å². The van der Waals surface area contributed by atoms with E-state index in [1.165, 1.54) is 11.0 Å². The van der Waals surface area contributed by atoms with Crippen molar-refractivity contribution in [3.8, 4) is 0 Å². The standard InChI is InChI=1S/C7H9F3N4S/c8-7(9,10)2-1-3-14-4-12-6(13-14)5(11)15/h4H,1-3H2,(H2,11,15). The van der Waals surface area contributed by atoms with Crippen LogP contribution in [0.4, 0.5) is 13.2 Å². The first-order chi connectivity index (χ1) is 6.88. The number of nitrogens with two attached hydrogens (primary N) is 1. The fourth-order valence-electron chi connectivity index (χ4n) is 0.957. The molecule has 0 fully saturated rings. The van der Waals surface area contributed by atoms with Crippen LogP contribution in [0.1, 0.15) is 18.7 Å². The summed E-state index contributed by atoms with van der Waals surface area (Å²) in [5.74, 6) is 0.178. The summed E-state index contributed by atoms with van der Waals surface area (Å²) in [4.78, 5) is 3.77. The molecule has 0 aliphatic rings. The predicted molar refractivity (Wildman–Crippen MR) is 51.2 cm³/mol. The number of nitrogens with zero attached hydrogens (tertiary/aromatic N) is 3. The van der Waals surface area contributed by atoms with Gasteiger partial charge < -0.3 is 5.73 Å². The van der Waals surface area contributed by atoms with Gasteiger partial charge in [0.05, 0.1) is 0 Å². The fraction of sp³-hybridized carbons (Fsp3) is 0.571. The molecule has 15 heavy (non-hydrogen) atoms. The van der Waals surface area contributed by atoms with Crippen molar-refractivity contribution in [2.45, 2.75) is 25.6 Å². The molecule has 1 aromatic heterocycles. The third-order valence-corrected chi connectivity index (χ3v) is 1.79. The highest BCUT2D eigenvalue weighted by molar-refractivity contribution is 7.80. The molecule has 0 spiro atoms. The van der Waals surface area contributed by atoms with E-state index in [-0.39, 0.29) is 23.8 Å². The molecule has 1 aromatic rings. The second-order valence-electron chi connectivity index (χ2n) is 2.91. The zero-order valence-corrected chi connectivity index (χ0v) is 8.48. The van der Waals surface area contributed by atoms with Crippen molar-refractivity contribution >= 4 is 17.2 Å². The molecule has 1 heterocycles. The summed E-state index contributed by atoms with van der Waals surface area (Å²) in [5.41, 5.74) is 5.24. The zero-order chi connectivity index (χ0) is 11.5. The number of alkyl halides is 3. The first kappa shape index (κ1) is 11.9. The van der Waals surface area contributed by atoms with Crippen molar-refractivity contribution in [2.24, 2.45) is 5.73 Å². The van der Waals surface area contributed by atoms with Gasteiger partial charge in [0, 0.05) is 13.0 Å². The monoisotopic (exact) mass is 238 g/mol. The van der Waals surface area contributed by atoms with Gasteiger partial charge in [0.1, 0.15) is 11.3 Å². The van der Waals surface area contributed by atoms with E-state index in [2.05, 4.69) is 22.3 Å². The van der Waals surface area contributed by atoms with Gasteiger partial charge in [-0.05, 0) is 6.42 Å². The van der Waals surface area contributed by atoms with Gasteiger partial charge in [-0.2, -0.15) is 13.2 Å². The van der Waals surface area contributed by atoms with Crippen LogP contribution >= 0.6 is 12.2 Å². The van der Waals surface area contributed by atoms with Gasteiger partial charge in [0.15, 0.2) is 0 Å². The quantitative estimate of drug-likeness (QED) is 0.802. The minimum atomic E-state index is -4.13. The Balaban J connectivity index is 2.41. The van der Waals surface area contributed by atoms with Crippen molar-refractivity contribution < 1.29 is 13.2 Å². The molecule has 0 saturated heterocycles. The van der Waals surface area contributed by atoms with Gasteiger partial charge in [-0.3, -0.25) is 4.68 Å². The molecule has 0 atom stereocenters. The maximum Gasteiger partial charge on any atom is 0.389 e. The Labute approximate surface area is 89.3 Å². The highest BCUT2D eigenvalue weighted by atomic mass is 32.1.